The quantitative estimate of drug-likeness (QED) is 0.483. The number of imide groups is 1. The molecule has 1 N–H and O–H groups in total. The van der Waals surface area contributed by atoms with Gasteiger partial charge in [0.05, 0.1) is 18.8 Å². The molecule has 0 saturated carbocycles. The van der Waals surface area contributed by atoms with Crippen molar-refractivity contribution in [1.82, 2.24) is 14.9 Å². The Labute approximate surface area is 211 Å². The maximum Gasteiger partial charge on any atom is 0.424 e. The van der Waals surface area contributed by atoms with Gasteiger partial charge in [-0.1, -0.05) is 12.1 Å². The summed E-state index contributed by atoms with van der Waals surface area (Å²) in [6, 6.07) is 10.5. The normalized spacial score (nSPS) is 12.9. The van der Waals surface area contributed by atoms with Crippen molar-refractivity contribution in [3.05, 3.63) is 71.8 Å². The summed E-state index contributed by atoms with van der Waals surface area (Å²) in [5, 5.41) is 9.55. The van der Waals surface area contributed by atoms with Crippen LogP contribution in [0.25, 0.3) is 0 Å². The summed E-state index contributed by atoms with van der Waals surface area (Å²) in [7, 11) is 0. The van der Waals surface area contributed by atoms with E-state index in [1.165, 1.54) is 35.5 Å². The van der Waals surface area contributed by atoms with Crippen LogP contribution in [0, 0.1) is 5.82 Å². The third-order valence-electron chi connectivity index (χ3n) is 5.03. The summed E-state index contributed by atoms with van der Waals surface area (Å²) in [6.07, 6.45) is -0.657. The summed E-state index contributed by atoms with van der Waals surface area (Å²) >= 11 is 0. The van der Waals surface area contributed by atoms with Crippen molar-refractivity contribution < 1.29 is 38.1 Å². The van der Waals surface area contributed by atoms with Crippen molar-refractivity contribution in [3.8, 4) is 17.5 Å². The van der Waals surface area contributed by atoms with Crippen molar-refractivity contribution >= 4 is 24.0 Å². The Morgan fingerprint density at radius 3 is 2.57 bits per heavy atom. The lowest BCUT2D eigenvalue weighted by Gasteiger charge is -2.29. The van der Waals surface area contributed by atoms with Gasteiger partial charge < -0.3 is 19.3 Å². The number of halogens is 1. The number of fused-ring (bicyclic) bond motifs is 1. The van der Waals surface area contributed by atoms with Crippen molar-refractivity contribution in [3.63, 3.8) is 0 Å². The molecule has 11 nitrogen and oxygen atoms in total. The van der Waals surface area contributed by atoms with Crippen LogP contribution >= 0.6 is 0 Å². The molecule has 0 radical (unpaired) electrons. The average Bonchev–Trinajstić information content (AvgIpc) is 2.81. The number of carbonyl (C=O) groups excluding carboxylic acids is 2. The molecule has 37 heavy (non-hydrogen) atoms. The second-order valence-corrected chi connectivity index (χ2v) is 8.98. The molecule has 1 aliphatic heterocycles. The van der Waals surface area contributed by atoms with E-state index in [-0.39, 0.29) is 35.3 Å². The van der Waals surface area contributed by atoms with E-state index in [0.717, 1.165) is 6.07 Å². The maximum atomic E-state index is 15.4. The number of aromatic nitrogens is 2. The van der Waals surface area contributed by atoms with Crippen LogP contribution in [-0.4, -0.2) is 43.9 Å². The highest BCUT2D eigenvalue weighted by molar-refractivity contribution is 6.08. The number of hydrogen-bond acceptors (Lipinski definition) is 8. The number of benzene rings is 2. The van der Waals surface area contributed by atoms with Gasteiger partial charge in [-0.2, -0.15) is 4.90 Å². The number of hydrogen-bond donors (Lipinski definition) is 1. The largest absolute Gasteiger partial charge is 0.464 e. The Kier molecular flexibility index (Phi) is 6.92. The van der Waals surface area contributed by atoms with E-state index in [1.807, 2.05) is 0 Å². The second kappa shape index (κ2) is 10.1. The Morgan fingerprint density at radius 1 is 1.16 bits per heavy atom. The van der Waals surface area contributed by atoms with Crippen molar-refractivity contribution in [1.29, 1.82) is 0 Å². The molecule has 0 bridgehead atoms. The van der Waals surface area contributed by atoms with Gasteiger partial charge in [0, 0.05) is 29.6 Å². The first-order valence-electron chi connectivity index (χ1n) is 11.1. The smallest absolute Gasteiger partial charge is 0.424 e. The van der Waals surface area contributed by atoms with Gasteiger partial charge in [0.25, 0.3) is 0 Å². The van der Waals surface area contributed by atoms with Gasteiger partial charge in [0.2, 0.25) is 0 Å². The monoisotopic (exact) mass is 510 g/mol. The summed E-state index contributed by atoms with van der Waals surface area (Å²) in [6.45, 7) is 4.52. The molecule has 192 valence electrons. The molecular weight excluding hydrogens is 487 g/mol. The summed E-state index contributed by atoms with van der Waals surface area (Å²) in [5.41, 5.74) is -0.898. The molecule has 0 saturated heterocycles. The Bertz CT molecular complexity index is 1340. The highest BCUT2D eigenvalue weighted by atomic mass is 19.1. The van der Waals surface area contributed by atoms with Gasteiger partial charge in [0.15, 0.2) is 5.82 Å². The van der Waals surface area contributed by atoms with Crippen LogP contribution in [0.15, 0.2) is 54.9 Å². The lowest BCUT2D eigenvalue weighted by atomic mass is 10.1. The molecule has 3 aromatic rings. The highest BCUT2D eigenvalue weighted by Gasteiger charge is 2.32. The summed E-state index contributed by atoms with van der Waals surface area (Å²) in [5.74, 6) is -0.354. The molecule has 0 fully saturated rings. The summed E-state index contributed by atoms with van der Waals surface area (Å²) in [4.78, 5) is 46.3. The first-order valence-corrected chi connectivity index (χ1v) is 11.1. The van der Waals surface area contributed by atoms with Crippen LogP contribution in [-0.2, 0) is 17.8 Å². The van der Waals surface area contributed by atoms with Crippen LogP contribution in [0.3, 0.4) is 0 Å². The number of nitrogens with zero attached hydrogens (tertiary/aromatic N) is 4. The van der Waals surface area contributed by atoms with Crippen molar-refractivity contribution in [2.75, 3.05) is 4.90 Å². The van der Waals surface area contributed by atoms with Gasteiger partial charge in [0.1, 0.15) is 17.1 Å². The zero-order valence-electron chi connectivity index (χ0n) is 20.2. The minimum absolute atomic E-state index is 0.0195. The fourth-order valence-corrected chi connectivity index (χ4v) is 3.47. The molecule has 0 atom stereocenters. The molecule has 2 heterocycles. The minimum atomic E-state index is -1.71. The van der Waals surface area contributed by atoms with Gasteiger partial charge in [-0.25, -0.2) is 28.7 Å². The molecule has 12 heteroatoms. The third-order valence-corrected chi connectivity index (χ3v) is 5.03. The predicted molar refractivity (Wildman–Crippen MR) is 127 cm³/mol. The van der Waals surface area contributed by atoms with Crippen LogP contribution in [0.5, 0.6) is 17.5 Å². The van der Waals surface area contributed by atoms with E-state index in [2.05, 4.69) is 9.97 Å². The molecule has 0 unspecified atom stereocenters. The van der Waals surface area contributed by atoms with E-state index in [4.69, 9.17) is 14.2 Å². The standard InChI is InChI=1S/C25H23FN4O7/c1-25(2,3)37-24(34)30(22(31)32)18-7-4-6-16(20(18)26)14-29-13-15-8-9-17(12-19(15)36-23(29)33)35-21-27-10-5-11-28-21/h4-12H,13-14H2,1-3H3,(H,31,32). The minimum Gasteiger partial charge on any atom is -0.464 e. The zero-order valence-corrected chi connectivity index (χ0v) is 20.2. The van der Waals surface area contributed by atoms with Gasteiger partial charge in [-0.05, 0) is 45.0 Å². The number of anilines is 1. The fraction of sp³-hybridized carbons (Fsp3) is 0.240. The highest BCUT2D eigenvalue weighted by Crippen LogP contribution is 2.33. The molecule has 3 amide bonds. The first kappa shape index (κ1) is 25.4. The second-order valence-electron chi connectivity index (χ2n) is 8.98. The Balaban J connectivity index is 1.53. The topological polar surface area (TPSA) is 131 Å². The summed E-state index contributed by atoms with van der Waals surface area (Å²) < 4.78 is 31.5. The molecular formula is C25H23FN4O7. The van der Waals surface area contributed by atoms with Crippen LogP contribution in [0.4, 0.5) is 24.5 Å². The Hall–Kier alpha value is -4.74. The zero-order chi connectivity index (χ0) is 26.7. The molecule has 4 rings (SSSR count). The number of rotatable bonds is 5. The lowest BCUT2D eigenvalue weighted by molar-refractivity contribution is 0.0580. The van der Waals surface area contributed by atoms with Crippen LogP contribution in [0.1, 0.15) is 31.9 Å². The van der Waals surface area contributed by atoms with E-state index < -0.39 is 35.4 Å². The molecule has 0 aliphatic carbocycles. The van der Waals surface area contributed by atoms with Crippen molar-refractivity contribution in [2.45, 2.75) is 39.5 Å². The molecule has 1 aromatic heterocycles. The molecule has 1 aliphatic rings. The van der Waals surface area contributed by atoms with Gasteiger partial charge in [-0.15, -0.1) is 0 Å². The number of ether oxygens (including phenoxy) is 3. The molecule has 0 spiro atoms. The SMILES string of the molecule is CC(C)(C)OC(=O)N(C(=O)O)c1cccc(CN2Cc3ccc(Oc4ncccn4)cc3OC2=O)c1F. The maximum absolute atomic E-state index is 15.4. The van der Waals surface area contributed by atoms with Crippen LogP contribution < -0.4 is 14.4 Å². The van der Waals surface area contributed by atoms with E-state index in [9.17, 15) is 19.5 Å². The van der Waals surface area contributed by atoms with Gasteiger partial charge in [-0.3, -0.25) is 4.90 Å². The van der Waals surface area contributed by atoms with Crippen LogP contribution in [0.2, 0.25) is 0 Å². The lowest BCUT2D eigenvalue weighted by Crippen LogP contribution is -2.41. The third kappa shape index (κ3) is 5.92. The average molecular weight is 510 g/mol. The first-order chi connectivity index (χ1) is 17.5. The van der Waals surface area contributed by atoms with E-state index >= 15 is 4.39 Å². The van der Waals surface area contributed by atoms with E-state index in [1.54, 1.807) is 39.0 Å². The number of carbonyl (C=O) groups is 3. The fourth-order valence-electron chi connectivity index (χ4n) is 3.47. The Morgan fingerprint density at radius 2 is 1.89 bits per heavy atom. The molecule has 2 aromatic carbocycles. The number of amides is 3. The number of carboxylic acid groups (broad SMARTS) is 1. The van der Waals surface area contributed by atoms with Crippen molar-refractivity contribution in [2.24, 2.45) is 0 Å². The van der Waals surface area contributed by atoms with E-state index in [0.29, 0.717) is 11.3 Å². The van der Waals surface area contributed by atoms with Gasteiger partial charge >= 0.3 is 24.3 Å². The predicted octanol–water partition coefficient (Wildman–Crippen LogP) is 5.34.